The van der Waals surface area contributed by atoms with E-state index >= 15 is 0 Å². The first-order chi connectivity index (χ1) is 10.8. The largest absolute Gasteiger partial charge is 0.461 e. The molecule has 128 valence electrons. The maximum Gasteiger partial charge on any atom is 0.333 e. The highest BCUT2D eigenvalue weighted by atomic mass is 35.5. The molecule has 1 aliphatic rings. The van der Waals surface area contributed by atoms with Crippen LogP contribution in [0.2, 0.25) is 0 Å². The Morgan fingerprint density at radius 1 is 1.39 bits per heavy atom. The van der Waals surface area contributed by atoms with Crippen LogP contribution in [0, 0.1) is 17.3 Å². The van der Waals surface area contributed by atoms with Gasteiger partial charge in [-0.05, 0) is 38.5 Å². The predicted octanol–water partition coefficient (Wildman–Crippen LogP) is 3.66. The Morgan fingerprint density at radius 2 is 2.04 bits per heavy atom. The second-order valence-corrected chi connectivity index (χ2v) is 6.56. The van der Waals surface area contributed by atoms with Gasteiger partial charge in [0.15, 0.2) is 0 Å². The molecule has 0 spiro atoms. The minimum Gasteiger partial charge on any atom is -0.461 e. The molecule has 0 aromatic carbocycles. The Balaban J connectivity index is 2.67. The van der Waals surface area contributed by atoms with E-state index in [4.69, 9.17) is 21.1 Å². The number of rotatable bonds is 8. The molecule has 0 N–H and O–H groups in total. The van der Waals surface area contributed by atoms with Gasteiger partial charge in [0.05, 0.1) is 11.3 Å². The van der Waals surface area contributed by atoms with Gasteiger partial charge in [-0.1, -0.05) is 18.7 Å². The summed E-state index contributed by atoms with van der Waals surface area (Å²) in [5.74, 6) is -0.530. The van der Waals surface area contributed by atoms with Crippen molar-refractivity contribution in [3.05, 3.63) is 37.5 Å². The van der Waals surface area contributed by atoms with Crippen LogP contribution in [0.5, 0.6) is 0 Å². The Morgan fingerprint density at radius 3 is 2.52 bits per heavy atom. The monoisotopic (exact) mass is 340 g/mol. The zero-order valence-corrected chi connectivity index (χ0v) is 14.6. The van der Waals surface area contributed by atoms with E-state index in [9.17, 15) is 9.59 Å². The Hall–Kier alpha value is -1.55. The van der Waals surface area contributed by atoms with Crippen molar-refractivity contribution in [3.8, 4) is 0 Å². The molecule has 0 bridgehead atoms. The van der Waals surface area contributed by atoms with E-state index in [1.54, 1.807) is 13.0 Å². The zero-order chi connectivity index (χ0) is 17.6. The van der Waals surface area contributed by atoms with Gasteiger partial charge in [-0.25, -0.2) is 4.79 Å². The fourth-order valence-electron chi connectivity index (χ4n) is 2.83. The lowest BCUT2D eigenvalue weighted by atomic mass is 9.79. The molecule has 4 atom stereocenters. The van der Waals surface area contributed by atoms with Crippen molar-refractivity contribution < 1.29 is 19.1 Å². The SMILES string of the molecule is C=CC1CC(C=C)C(C)(C(=O)OCC(CCl)OC(=O)C(=C)C)C1. The second kappa shape index (κ2) is 8.34. The fraction of sp³-hybridized carbons (Fsp3) is 0.556. The Kier molecular flexibility index (Phi) is 7.07. The third kappa shape index (κ3) is 4.71. The quantitative estimate of drug-likeness (QED) is 0.293. The molecule has 4 nitrogen and oxygen atoms in total. The third-order valence-electron chi connectivity index (χ3n) is 4.34. The summed E-state index contributed by atoms with van der Waals surface area (Å²) in [5.41, 5.74) is -0.370. The second-order valence-electron chi connectivity index (χ2n) is 6.26. The lowest BCUT2D eigenvalue weighted by Gasteiger charge is -2.28. The van der Waals surface area contributed by atoms with Gasteiger partial charge in [-0.2, -0.15) is 0 Å². The average Bonchev–Trinajstić information content (AvgIpc) is 2.88. The standard InChI is InChI=1S/C18H25ClO4/c1-6-13-8-14(7-2)18(5,9-13)17(21)22-11-15(10-19)23-16(20)12(3)4/h6-7,13-15H,1-3,8-11H2,4-5H3. The van der Waals surface area contributed by atoms with Gasteiger partial charge in [-0.15, -0.1) is 24.8 Å². The molecule has 1 fully saturated rings. The van der Waals surface area contributed by atoms with Crippen LogP contribution in [-0.2, 0) is 19.1 Å². The molecule has 1 aliphatic carbocycles. The molecular weight excluding hydrogens is 316 g/mol. The summed E-state index contributed by atoms with van der Waals surface area (Å²) >= 11 is 5.77. The van der Waals surface area contributed by atoms with E-state index < -0.39 is 17.5 Å². The van der Waals surface area contributed by atoms with Crippen LogP contribution >= 0.6 is 11.6 Å². The van der Waals surface area contributed by atoms with Gasteiger partial charge in [0, 0.05) is 5.57 Å². The topological polar surface area (TPSA) is 52.6 Å². The summed E-state index contributed by atoms with van der Waals surface area (Å²) in [6.07, 6.45) is 4.48. The fourth-order valence-corrected chi connectivity index (χ4v) is 2.98. The first kappa shape index (κ1) is 19.5. The van der Waals surface area contributed by atoms with E-state index in [2.05, 4.69) is 19.7 Å². The number of hydrogen-bond acceptors (Lipinski definition) is 4. The van der Waals surface area contributed by atoms with Gasteiger partial charge in [-0.3, -0.25) is 4.79 Å². The Bertz CT molecular complexity index is 499. The number of hydrogen-bond donors (Lipinski definition) is 0. The molecular formula is C18H25ClO4. The first-order valence-corrected chi connectivity index (χ1v) is 8.16. The molecule has 1 rings (SSSR count). The van der Waals surface area contributed by atoms with E-state index in [0.29, 0.717) is 6.42 Å². The number of esters is 2. The molecule has 0 aromatic heterocycles. The van der Waals surface area contributed by atoms with E-state index in [1.165, 1.54) is 0 Å². The number of alkyl halides is 1. The molecule has 4 unspecified atom stereocenters. The van der Waals surface area contributed by atoms with Crippen LogP contribution in [-0.4, -0.2) is 30.5 Å². The molecule has 23 heavy (non-hydrogen) atoms. The number of carbonyl (C=O) groups is 2. The minimum atomic E-state index is -0.688. The van der Waals surface area contributed by atoms with Gasteiger partial charge in [0.25, 0.3) is 0 Å². The minimum absolute atomic E-state index is 0.0328. The highest BCUT2D eigenvalue weighted by Crippen LogP contribution is 2.48. The third-order valence-corrected chi connectivity index (χ3v) is 4.68. The molecule has 0 radical (unpaired) electrons. The van der Waals surface area contributed by atoms with Crippen molar-refractivity contribution >= 4 is 23.5 Å². The van der Waals surface area contributed by atoms with Crippen molar-refractivity contribution in [3.63, 3.8) is 0 Å². The maximum atomic E-state index is 12.5. The summed E-state index contributed by atoms with van der Waals surface area (Å²) in [6.45, 7) is 14.5. The van der Waals surface area contributed by atoms with E-state index in [-0.39, 0.29) is 35.9 Å². The van der Waals surface area contributed by atoms with Crippen LogP contribution in [0.25, 0.3) is 0 Å². The number of ether oxygens (including phenoxy) is 2. The van der Waals surface area contributed by atoms with Gasteiger partial charge >= 0.3 is 11.9 Å². The van der Waals surface area contributed by atoms with Gasteiger partial charge < -0.3 is 9.47 Å². The average molecular weight is 341 g/mol. The van der Waals surface area contributed by atoms with Crippen LogP contribution < -0.4 is 0 Å². The van der Waals surface area contributed by atoms with Crippen molar-refractivity contribution in [2.45, 2.75) is 32.8 Å². The van der Waals surface area contributed by atoms with Crippen molar-refractivity contribution in [2.24, 2.45) is 17.3 Å². The number of carbonyl (C=O) groups excluding carboxylic acids is 2. The molecule has 0 aliphatic heterocycles. The summed E-state index contributed by atoms with van der Waals surface area (Å²) in [5, 5.41) is 0. The number of halogens is 1. The molecule has 0 aromatic rings. The van der Waals surface area contributed by atoms with E-state index in [0.717, 1.165) is 6.42 Å². The summed E-state index contributed by atoms with van der Waals surface area (Å²) in [7, 11) is 0. The van der Waals surface area contributed by atoms with Crippen LogP contribution in [0.1, 0.15) is 26.7 Å². The molecule has 0 heterocycles. The highest BCUT2D eigenvalue weighted by molar-refractivity contribution is 6.18. The van der Waals surface area contributed by atoms with Gasteiger partial charge in [0.2, 0.25) is 0 Å². The molecule has 0 amide bonds. The highest BCUT2D eigenvalue weighted by Gasteiger charge is 2.48. The summed E-state index contributed by atoms with van der Waals surface area (Å²) in [4.78, 5) is 24.0. The summed E-state index contributed by atoms with van der Waals surface area (Å²) in [6, 6.07) is 0. The summed E-state index contributed by atoms with van der Waals surface area (Å²) < 4.78 is 10.5. The van der Waals surface area contributed by atoms with Gasteiger partial charge in [0.1, 0.15) is 12.7 Å². The maximum absolute atomic E-state index is 12.5. The molecule has 1 saturated carbocycles. The van der Waals surface area contributed by atoms with Crippen LogP contribution in [0.4, 0.5) is 0 Å². The van der Waals surface area contributed by atoms with E-state index in [1.807, 2.05) is 13.0 Å². The van der Waals surface area contributed by atoms with Crippen molar-refractivity contribution in [1.29, 1.82) is 0 Å². The zero-order valence-electron chi connectivity index (χ0n) is 13.8. The van der Waals surface area contributed by atoms with Crippen molar-refractivity contribution in [1.82, 2.24) is 0 Å². The normalized spacial score (nSPS) is 27.8. The van der Waals surface area contributed by atoms with Crippen molar-refractivity contribution in [2.75, 3.05) is 12.5 Å². The number of allylic oxidation sites excluding steroid dienone is 2. The van der Waals surface area contributed by atoms with Crippen LogP contribution in [0.15, 0.2) is 37.5 Å². The molecule has 0 saturated heterocycles. The Labute approximate surface area is 143 Å². The smallest absolute Gasteiger partial charge is 0.333 e. The first-order valence-electron chi connectivity index (χ1n) is 7.63. The lowest BCUT2D eigenvalue weighted by molar-refractivity contribution is -0.163. The lowest BCUT2D eigenvalue weighted by Crippen LogP contribution is -2.36. The predicted molar refractivity (Wildman–Crippen MR) is 91.1 cm³/mol. The van der Waals surface area contributed by atoms with Crippen LogP contribution in [0.3, 0.4) is 0 Å². The molecule has 5 heteroatoms.